The van der Waals surface area contributed by atoms with Crippen molar-refractivity contribution in [3.05, 3.63) is 36.0 Å². The molecule has 0 N–H and O–H groups in total. The second-order valence-corrected chi connectivity index (χ2v) is 5.25. The van der Waals surface area contributed by atoms with Gasteiger partial charge in [-0.3, -0.25) is 4.98 Å². The van der Waals surface area contributed by atoms with Crippen LogP contribution in [0.5, 0.6) is 0 Å². The largest absolute Gasteiger partial charge is 0.373 e. The maximum atomic E-state index is 9.29. The lowest BCUT2D eigenvalue weighted by Gasteiger charge is -2.23. The first kappa shape index (κ1) is 13.4. The summed E-state index contributed by atoms with van der Waals surface area (Å²) in [5, 5.41) is 10.3. The Bertz CT molecular complexity index is 611. The lowest BCUT2D eigenvalue weighted by atomic mass is 10.1. The molecule has 19 heavy (non-hydrogen) atoms. The summed E-state index contributed by atoms with van der Waals surface area (Å²) in [5.41, 5.74) is 2.58. The van der Waals surface area contributed by atoms with Gasteiger partial charge in [0.05, 0.1) is 16.8 Å². The van der Waals surface area contributed by atoms with Crippen molar-refractivity contribution in [1.29, 1.82) is 5.26 Å². The molecule has 0 radical (unpaired) electrons. The summed E-state index contributed by atoms with van der Waals surface area (Å²) in [6.07, 6.45) is 2.78. The quantitative estimate of drug-likeness (QED) is 0.836. The lowest BCUT2D eigenvalue weighted by Crippen LogP contribution is -2.21. The summed E-state index contributed by atoms with van der Waals surface area (Å²) in [4.78, 5) is 6.51. The van der Waals surface area contributed by atoms with Crippen LogP contribution in [0.15, 0.2) is 30.5 Å². The van der Waals surface area contributed by atoms with E-state index in [-0.39, 0.29) is 0 Å². The number of pyridine rings is 1. The Balaban J connectivity index is 2.47. The first-order valence-corrected chi connectivity index (χ1v) is 6.62. The van der Waals surface area contributed by atoms with Gasteiger partial charge in [0.1, 0.15) is 6.07 Å². The van der Waals surface area contributed by atoms with Crippen molar-refractivity contribution in [2.75, 3.05) is 18.5 Å². The molecule has 0 saturated heterocycles. The third-order valence-corrected chi connectivity index (χ3v) is 3.29. The number of anilines is 1. The summed E-state index contributed by atoms with van der Waals surface area (Å²) < 4.78 is 0. The van der Waals surface area contributed by atoms with Crippen molar-refractivity contribution in [2.24, 2.45) is 5.92 Å². The van der Waals surface area contributed by atoms with Gasteiger partial charge in [-0.25, -0.2) is 0 Å². The molecule has 2 aromatic rings. The third-order valence-electron chi connectivity index (χ3n) is 3.29. The molecule has 1 heterocycles. The Morgan fingerprint density at radius 2 is 2.05 bits per heavy atom. The highest BCUT2D eigenvalue weighted by atomic mass is 15.1. The molecule has 0 saturated carbocycles. The van der Waals surface area contributed by atoms with Crippen molar-refractivity contribution < 1.29 is 0 Å². The van der Waals surface area contributed by atoms with E-state index in [9.17, 15) is 5.26 Å². The minimum atomic E-state index is 0.643. The molecule has 0 fully saturated rings. The summed E-state index contributed by atoms with van der Waals surface area (Å²) >= 11 is 0. The van der Waals surface area contributed by atoms with E-state index in [1.807, 2.05) is 31.3 Å². The van der Waals surface area contributed by atoms with Crippen LogP contribution in [0.4, 0.5) is 5.69 Å². The van der Waals surface area contributed by atoms with Crippen molar-refractivity contribution in [2.45, 2.75) is 20.3 Å². The second-order valence-electron chi connectivity index (χ2n) is 5.25. The van der Waals surface area contributed by atoms with Crippen LogP contribution in [-0.4, -0.2) is 18.6 Å². The predicted molar refractivity (Wildman–Crippen MR) is 79.2 cm³/mol. The fourth-order valence-electron chi connectivity index (χ4n) is 2.18. The van der Waals surface area contributed by atoms with Crippen LogP contribution < -0.4 is 4.90 Å². The molecule has 2 rings (SSSR count). The topological polar surface area (TPSA) is 39.9 Å². The number of hydrogen-bond donors (Lipinski definition) is 0. The zero-order valence-electron chi connectivity index (χ0n) is 11.7. The average molecular weight is 253 g/mol. The zero-order chi connectivity index (χ0) is 13.8. The van der Waals surface area contributed by atoms with Crippen LogP contribution in [0.2, 0.25) is 0 Å². The van der Waals surface area contributed by atoms with Gasteiger partial charge < -0.3 is 4.90 Å². The smallest absolute Gasteiger partial charge is 0.103 e. The molecular weight excluding hydrogens is 234 g/mol. The van der Waals surface area contributed by atoms with Gasteiger partial charge in [0.2, 0.25) is 0 Å². The highest BCUT2D eigenvalue weighted by Gasteiger charge is 2.12. The fourth-order valence-corrected chi connectivity index (χ4v) is 2.18. The van der Waals surface area contributed by atoms with Crippen LogP contribution in [0, 0.1) is 17.2 Å². The van der Waals surface area contributed by atoms with E-state index in [0.29, 0.717) is 11.5 Å². The van der Waals surface area contributed by atoms with Crippen LogP contribution >= 0.6 is 0 Å². The van der Waals surface area contributed by atoms with Crippen LogP contribution in [0.1, 0.15) is 25.8 Å². The molecule has 0 bridgehead atoms. The monoisotopic (exact) mass is 253 g/mol. The SMILES string of the molecule is CC(C)CCN(C)c1c(C#N)cnc2ccccc12. The van der Waals surface area contributed by atoms with Crippen LogP contribution in [0.25, 0.3) is 10.9 Å². The molecular formula is C16H19N3. The summed E-state index contributed by atoms with van der Waals surface area (Å²) in [5.74, 6) is 0.654. The lowest BCUT2D eigenvalue weighted by molar-refractivity contribution is 0.585. The number of nitrogens with zero attached hydrogens (tertiary/aromatic N) is 3. The molecule has 0 aliphatic heterocycles. The normalized spacial score (nSPS) is 10.7. The molecule has 1 aromatic carbocycles. The molecule has 1 aromatic heterocycles. The van der Waals surface area contributed by atoms with E-state index in [1.54, 1.807) is 6.20 Å². The van der Waals surface area contributed by atoms with Crippen molar-refractivity contribution in [1.82, 2.24) is 4.98 Å². The summed E-state index contributed by atoms with van der Waals surface area (Å²) in [7, 11) is 2.05. The minimum absolute atomic E-state index is 0.643. The Morgan fingerprint density at radius 3 is 2.74 bits per heavy atom. The molecule has 0 aliphatic rings. The van der Waals surface area contributed by atoms with E-state index in [0.717, 1.165) is 29.6 Å². The molecule has 0 amide bonds. The van der Waals surface area contributed by atoms with Gasteiger partial charge in [0.25, 0.3) is 0 Å². The highest BCUT2D eigenvalue weighted by Crippen LogP contribution is 2.28. The van der Waals surface area contributed by atoms with Crippen LogP contribution in [0.3, 0.4) is 0 Å². The molecule has 98 valence electrons. The molecule has 0 atom stereocenters. The van der Waals surface area contributed by atoms with E-state index in [1.165, 1.54) is 0 Å². The Labute approximate surface area is 114 Å². The fraction of sp³-hybridized carbons (Fsp3) is 0.375. The maximum absolute atomic E-state index is 9.29. The maximum Gasteiger partial charge on any atom is 0.103 e. The second kappa shape index (κ2) is 5.71. The van der Waals surface area contributed by atoms with Gasteiger partial charge in [-0.1, -0.05) is 32.0 Å². The van der Waals surface area contributed by atoms with E-state index < -0.39 is 0 Å². The Hall–Kier alpha value is -2.08. The third kappa shape index (κ3) is 2.85. The van der Waals surface area contributed by atoms with Gasteiger partial charge in [-0.2, -0.15) is 5.26 Å². The standard InChI is InChI=1S/C16H19N3/c1-12(2)8-9-19(3)16-13(10-17)11-18-15-7-5-4-6-14(15)16/h4-7,11-12H,8-9H2,1-3H3. The van der Waals surface area contributed by atoms with Crippen molar-refractivity contribution in [3.63, 3.8) is 0 Å². The summed E-state index contributed by atoms with van der Waals surface area (Å²) in [6, 6.07) is 10.2. The van der Waals surface area contributed by atoms with E-state index >= 15 is 0 Å². The molecule has 0 unspecified atom stereocenters. The van der Waals surface area contributed by atoms with Crippen molar-refractivity contribution in [3.8, 4) is 6.07 Å². The molecule has 0 aliphatic carbocycles. The van der Waals surface area contributed by atoms with Gasteiger partial charge in [-0.05, 0) is 18.4 Å². The minimum Gasteiger partial charge on any atom is -0.373 e. The average Bonchev–Trinajstić information content (AvgIpc) is 2.43. The number of benzene rings is 1. The summed E-state index contributed by atoms with van der Waals surface area (Å²) in [6.45, 7) is 5.37. The first-order chi connectivity index (χ1) is 9.13. The number of hydrogen-bond acceptors (Lipinski definition) is 3. The van der Waals surface area contributed by atoms with Gasteiger partial charge in [-0.15, -0.1) is 0 Å². The van der Waals surface area contributed by atoms with E-state index in [4.69, 9.17) is 0 Å². The van der Waals surface area contributed by atoms with Gasteiger partial charge >= 0.3 is 0 Å². The highest BCUT2D eigenvalue weighted by molar-refractivity contribution is 5.94. The molecule has 0 spiro atoms. The predicted octanol–water partition coefficient (Wildman–Crippen LogP) is 3.59. The number of nitriles is 1. The zero-order valence-corrected chi connectivity index (χ0v) is 11.7. The number of para-hydroxylation sites is 1. The van der Waals surface area contributed by atoms with Gasteiger partial charge in [0, 0.05) is 25.2 Å². The number of aromatic nitrogens is 1. The van der Waals surface area contributed by atoms with E-state index in [2.05, 4.69) is 29.8 Å². The number of rotatable bonds is 4. The van der Waals surface area contributed by atoms with Crippen molar-refractivity contribution >= 4 is 16.6 Å². The molecule has 3 nitrogen and oxygen atoms in total. The first-order valence-electron chi connectivity index (χ1n) is 6.62. The molecule has 3 heteroatoms. The Kier molecular flexibility index (Phi) is 4.01. The number of fused-ring (bicyclic) bond motifs is 1. The van der Waals surface area contributed by atoms with Crippen LogP contribution in [-0.2, 0) is 0 Å². The Morgan fingerprint density at radius 1 is 1.32 bits per heavy atom. The van der Waals surface area contributed by atoms with Gasteiger partial charge in [0.15, 0.2) is 0 Å².